The highest BCUT2D eigenvalue weighted by atomic mass is 16.6. The lowest BCUT2D eigenvalue weighted by Crippen LogP contribution is -2.36. The molecule has 2 aliphatic rings. The van der Waals surface area contributed by atoms with Gasteiger partial charge in [0.1, 0.15) is 48.2 Å². The van der Waals surface area contributed by atoms with Gasteiger partial charge in [-0.2, -0.15) is 9.97 Å². The van der Waals surface area contributed by atoms with Gasteiger partial charge in [-0.15, -0.1) is 0 Å². The van der Waals surface area contributed by atoms with E-state index in [0.29, 0.717) is 5.69 Å². The number of Topliss-reactive ketones (excluding diaryl/α,β-unsaturated/α-hetero) is 1. The molecule has 2 saturated heterocycles. The Hall–Kier alpha value is -3.09. The van der Waals surface area contributed by atoms with Gasteiger partial charge < -0.3 is 45.8 Å². The highest BCUT2D eigenvalue weighted by molar-refractivity contribution is 5.77. The van der Waals surface area contributed by atoms with E-state index in [2.05, 4.69) is 9.97 Å². The van der Waals surface area contributed by atoms with Crippen LogP contribution in [0, 0.1) is 0 Å². The van der Waals surface area contributed by atoms with Crippen LogP contribution >= 0.6 is 0 Å². The maximum absolute atomic E-state index is 11.9. The summed E-state index contributed by atoms with van der Waals surface area (Å²) in [4.78, 5) is 41.5. The van der Waals surface area contributed by atoms with Crippen molar-refractivity contribution in [3.8, 4) is 0 Å². The summed E-state index contributed by atoms with van der Waals surface area (Å²) in [6.07, 6.45) is -6.58. The minimum atomic E-state index is -1.34. The summed E-state index contributed by atoms with van der Waals surface area (Å²) in [7, 11) is 0. The van der Waals surface area contributed by atoms with E-state index in [9.17, 15) is 34.8 Å². The number of aliphatic hydroxyl groups is 6. The average Bonchev–Trinajstić information content (AvgIpc) is 3.29. The predicted octanol–water partition coefficient (Wildman–Crippen LogP) is -4.58. The lowest BCUT2D eigenvalue weighted by molar-refractivity contribution is -0.116. The molecule has 8 atom stereocenters. The first kappa shape index (κ1) is 28.5. The van der Waals surface area contributed by atoms with E-state index in [1.807, 2.05) is 0 Å². The molecule has 2 aliphatic heterocycles. The summed E-state index contributed by atoms with van der Waals surface area (Å²) in [6.45, 7) is 0.463. The minimum Gasteiger partial charge on any atom is -0.394 e. The van der Waals surface area contributed by atoms with E-state index in [0.717, 1.165) is 9.13 Å². The van der Waals surface area contributed by atoms with Gasteiger partial charge >= 0.3 is 11.4 Å². The van der Waals surface area contributed by atoms with Gasteiger partial charge in [-0.25, -0.2) is 9.59 Å². The largest absolute Gasteiger partial charge is 0.394 e. The van der Waals surface area contributed by atoms with Crippen LogP contribution < -0.4 is 17.1 Å². The van der Waals surface area contributed by atoms with E-state index < -0.39 is 73.7 Å². The Morgan fingerprint density at radius 2 is 1.32 bits per heavy atom. The second kappa shape index (κ2) is 12.0. The number of hydrogen-bond donors (Lipinski definition) is 7. The van der Waals surface area contributed by atoms with E-state index in [4.69, 9.17) is 25.4 Å². The molecule has 4 rings (SSSR count). The Morgan fingerprint density at radius 3 is 1.70 bits per heavy atom. The van der Waals surface area contributed by atoms with Crippen molar-refractivity contribution < 1.29 is 44.9 Å². The van der Waals surface area contributed by atoms with Crippen LogP contribution in [0.15, 0.2) is 34.1 Å². The summed E-state index contributed by atoms with van der Waals surface area (Å²) in [6, 6.07) is 2.84. The molecule has 0 unspecified atom stereocenters. The van der Waals surface area contributed by atoms with Crippen molar-refractivity contribution in [3.05, 3.63) is 51.2 Å². The number of ether oxygens (including phenoxy) is 2. The normalized spacial score (nSPS) is 31.1. The van der Waals surface area contributed by atoms with Crippen LogP contribution in [0.4, 0.5) is 5.82 Å². The van der Waals surface area contributed by atoms with Gasteiger partial charge in [-0.3, -0.25) is 13.9 Å². The maximum atomic E-state index is 11.9. The molecule has 8 N–H and O–H groups in total. The molecule has 2 aromatic heterocycles. The number of aliphatic hydroxyl groups excluding tert-OH is 6. The zero-order valence-corrected chi connectivity index (χ0v) is 19.6. The Balaban J connectivity index is 0.000000208. The van der Waals surface area contributed by atoms with Gasteiger partial charge in [-0.05, 0) is 19.1 Å². The Labute approximate surface area is 208 Å². The van der Waals surface area contributed by atoms with Crippen molar-refractivity contribution in [1.29, 1.82) is 0 Å². The number of rotatable bonds is 6. The molecule has 204 valence electrons. The van der Waals surface area contributed by atoms with Gasteiger partial charge in [0.05, 0.1) is 18.9 Å². The van der Waals surface area contributed by atoms with Crippen molar-refractivity contribution >= 4 is 11.6 Å². The molecular formula is C21H29N5O11. The Morgan fingerprint density at radius 1 is 0.865 bits per heavy atom. The number of anilines is 1. The molecule has 0 amide bonds. The molecule has 0 spiro atoms. The van der Waals surface area contributed by atoms with Crippen LogP contribution in [0.2, 0.25) is 0 Å². The third-order valence-electron chi connectivity index (χ3n) is 5.75. The number of nitrogens with two attached hydrogens (primary N) is 1. The number of carbonyl (C=O) groups excluding carboxylic acids is 1. The highest BCUT2D eigenvalue weighted by Gasteiger charge is 2.44. The molecule has 4 heterocycles. The van der Waals surface area contributed by atoms with Gasteiger partial charge in [0.25, 0.3) is 0 Å². The van der Waals surface area contributed by atoms with Crippen molar-refractivity contribution in [2.75, 3.05) is 18.9 Å². The van der Waals surface area contributed by atoms with Gasteiger partial charge in [0.2, 0.25) is 0 Å². The summed E-state index contributed by atoms with van der Waals surface area (Å²) in [5, 5.41) is 56.6. The van der Waals surface area contributed by atoms with Crippen LogP contribution in [-0.4, -0.2) is 105 Å². The van der Waals surface area contributed by atoms with Gasteiger partial charge in [0.15, 0.2) is 12.5 Å². The van der Waals surface area contributed by atoms with Gasteiger partial charge in [0, 0.05) is 18.8 Å². The van der Waals surface area contributed by atoms with Crippen LogP contribution in [0.3, 0.4) is 0 Å². The van der Waals surface area contributed by atoms with Crippen LogP contribution in [0.5, 0.6) is 0 Å². The van der Waals surface area contributed by atoms with Crippen LogP contribution in [0.25, 0.3) is 0 Å². The quantitative estimate of drug-likeness (QED) is 0.187. The molecule has 2 fully saturated rings. The van der Waals surface area contributed by atoms with Crippen molar-refractivity contribution in [2.45, 2.75) is 62.4 Å². The summed E-state index contributed by atoms with van der Waals surface area (Å²) < 4.78 is 12.4. The smallest absolute Gasteiger partial charge is 0.351 e. The number of hydrogen-bond acceptors (Lipinski definition) is 14. The Bertz CT molecular complexity index is 1200. The fourth-order valence-corrected chi connectivity index (χ4v) is 3.83. The third kappa shape index (κ3) is 6.25. The molecule has 0 saturated carbocycles. The Kier molecular flexibility index (Phi) is 9.21. The maximum Gasteiger partial charge on any atom is 0.351 e. The third-order valence-corrected chi connectivity index (χ3v) is 5.75. The van der Waals surface area contributed by atoms with E-state index in [1.54, 1.807) is 0 Å². The standard InChI is InChI=1S/C12H16N2O6.C9H13N3O5/c1-6(16)4-7-2-3-14(12(19)13-7)11-10(18)9(17)8(5-15)20-11;10-5-1-2-12(9(16)11-5)8-7(15)6(14)4(3-13)17-8/h2-3,8-11,15,17-18H,4-5H2,1H3;1-2,4,6-8,13-15H,3H2,(H2,10,11,16)/t8-,9-,10-,11-;4-,6-,7-,8-/m11/s1. The molecule has 2 aromatic rings. The van der Waals surface area contributed by atoms with E-state index in [1.165, 1.54) is 31.5 Å². The highest BCUT2D eigenvalue weighted by Crippen LogP contribution is 2.28. The predicted molar refractivity (Wildman–Crippen MR) is 122 cm³/mol. The van der Waals surface area contributed by atoms with Crippen LogP contribution in [-0.2, 0) is 20.7 Å². The molecule has 0 aromatic carbocycles. The number of carbonyl (C=O) groups is 1. The van der Waals surface area contributed by atoms with E-state index in [-0.39, 0.29) is 18.0 Å². The average molecular weight is 527 g/mol. The van der Waals surface area contributed by atoms with Crippen molar-refractivity contribution in [2.24, 2.45) is 0 Å². The summed E-state index contributed by atoms with van der Waals surface area (Å²) in [5.74, 6) is -0.0689. The topological polar surface area (TPSA) is 253 Å². The van der Waals surface area contributed by atoms with Crippen molar-refractivity contribution in [1.82, 2.24) is 19.1 Å². The molecule has 37 heavy (non-hydrogen) atoms. The molecular weight excluding hydrogens is 498 g/mol. The second-order valence-electron chi connectivity index (χ2n) is 8.49. The SMILES string of the molecule is CC(=O)Cc1ccn([C@@H]2O[C@H](CO)[C@@H](O)[C@H]2O)c(=O)n1.Nc1ccn([C@@H]2O[C@H](CO)[C@@H](O)[C@H]2O)c(=O)n1. The molecule has 0 aliphatic carbocycles. The molecule has 16 heteroatoms. The molecule has 16 nitrogen and oxygen atoms in total. The zero-order valence-electron chi connectivity index (χ0n) is 19.6. The molecule has 0 bridgehead atoms. The van der Waals surface area contributed by atoms with E-state index >= 15 is 0 Å². The number of nitrogens with zero attached hydrogens (tertiary/aromatic N) is 4. The summed E-state index contributed by atoms with van der Waals surface area (Å²) in [5.41, 5.74) is 4.26. The first-order valence-electron chi connectivity index (χ1n) is 11.2. The fraction of sp³-hybridized carbons (Fsp3) is 0.571. The first-order valence-corrected chi connectivity index (χ1v) is 11.2. The lowest BCUT2D eigenvalue weighted by Gasteiger charge is -2.17. The number of aromatic nitrogens is 4. The van der Waals surface area contributed by atoms with Crippen molar-refractivity contribution in [3.63, 3.8) is 0 Å². The summed E-state index contributed by atoms with van der Waals surface area (Å²) >= 11 is 0. The second-order valence-corrected chi connectivity index (χ2v) is 8.49. The first-order chi connectivity index (χ1) is 17.5. The number of ketones is 1. The van der Waals surface area contributed by atoms with Gasteiger partial charge in [-0.1, -0.05) is 0 Å². The molecule has 0 radical (unpaired) electrons. The van der Waals surface area contributed by atoms with Crippen LogP contribution in [0.1, 0.15) is 25.1 Å². The minimum absolute atomic E-state index is 0.0477. The zero-order chi connectivity index (χ0) is 27.4. The lowest BCUT2D eigenvalue weighted by atomic mass is 10.1. The number of nitrogen functional groups attached to an aromatic ring is 1. The fourth-order valence-electron chi connectivity index (χ4n) is 3.83. The monoisotopic (exact) mass is 527 g/mol.